The molecule has 0 amide bonds. The molecule has 84 valence electrons. The quantitative estimate of drug-likeness (QED) is 0.503. The predicted octanol–water partition coefficient (Wildman–Crippen LogP) is 2.58. The Balaban J connectivity index is 2.57. The van der Waals surface area contributed by atoms with E-state index >= 15 is 0 Å². The molecular weight excluding hydrogens is 249 g/mol. The smallest absolute Gasteiger partial charge is 0.384 e. The highest BCUT2D eigenvalue weighted by molar-refractivity contribution is 6.35. The molecule has 0 heterocycles. The minimum Gasteiger partial charge on any atom is -0.459 e. The van der Waals surface area contributed by atoms with Crippen LogP contribution in [0, 0.1) is 11.8 Å². The highest BCUT2D eigenvalue weighted by Gasteiger charge is 1.99. The Bertz CT molecular complexity index is 449. The van der Waals surface area contributed by atoms with Gasteiger partial charge in [-0.05, 0) is 18.2 Å². The fourth-order valence-corrected chi connectivity index (χ4v) is 1.30. The normalized spacial score (nSPS) is 8.94. The maximum atomic E-state index is 10.7. The van der Waals surface area contributed by atoms with Gasteiger partial charge in [0, 0.05) is 10.9 Å². The zero-order chi connectivity index (χ0) is 12.0. The molecule has 1 aromatic carbocycles. The van der Waals surface area contributed by atoms with Crippen molar-refractivity contribution in [2.75, 3.05) is 19.0 Å². The second-order valence-corrected chi connectivity index (χ2v) is 3.61. The first-order chi connectivity index (χ1) is 7.63. The van der Waals surface area contributed by atoms with Crippen LogP contribution in [0.15, 0.2) is 18.2 Å². The van der Waals surface area contributed by atoms with Crippen LogP contribution in [0.4, 0.5) is 5.69 Å². The minimum atomic E-state index is -0.570. The number of methoxy groups -OCH3 is 1. The summed E-state index contributed by atoms with van der Waals surface area (Å²) in [5.41, 5.74) is 0.674. The van der Waals surface area contributed by atoms with Crippen LogP contribution in [0.5, 0.6) is 0 Å². The summed E-state index contributed by atoms with van der Waals surface area (Å²) >= 11 is 11.7. The number of rotatable bonds is 2. The van der Waals surface area contributed by atoms with Crippen molar-refractivity contribution in [1.29, 1.82) is 0 Å². The summed E-state index contributed by atoms with van der Waals surface area (Å²) in [6.45, 7) is 0.287. The van der Waals surface area contributed by atoms with E-state index in [-0.39, 0.29) is 6.54 Å². The maximum absolute atomic E-state index is 10.7. The predicted molar refractivity (Wildman–Crippen MR) is 64.7 cm³/mol. The SMILES string of the molecule is COC(=O)C#CCNc1cc(Cl)ccc1Cl. The third-order valence-corrected chi connectivity index (χ3v) is 2.24. The lowest BCUT2D eigenvalue weighted by Crippen LogP contribution is -2.01. The van der Waals surface area contributed by atoms with Gasteiger partial charge in [0.2, 0.25) is 0 Å². The molecule has 0 aromatic heterocycles. The summed E-state index contributed by atoms with van der Waals surface area (Å²) in [5.74, 6) is 4.31. The number of carbonyl (C=O) groups is 1. The first-order valence-corrected chi connectivity index (χ1v) is 5.15. The molecule has 1 rings (SSSR count). The molecule has 0 unspecified atom stereocenters. The van der Waals surface area contributed by atoms with Crippen LogP contribution in [0.2, 0.25) is 10.0 Å². The number of benzene rings is 1. The Labute approximate surface area is 104 Å². The lowest BCUT2D eigenvalue weighted by Gasteiger charge is -2.04. The second kappa shape index (κ2) is 6.26. The summed E-state index contributed by atoms with van der Waals surface area (Å²) in [6.07, 6.45) is 0. The third kappa shape index (κ3) is 4.01. The van der Waals surface area contributed by atoms with Gasteiger partial charge in [0.25, 0.3) is 0 Å². The van der Waals surface area contributed by atoms with Crippen molar-refractivity contribution in [2.24, 2.45) is 0 Å². The molecule has 0 saturated carbocycles. The summed E-state index contributed by atoms with van der Waals surface area (Å²) in [6, 6.07) is 5.05. The van der Waals surface area contributed by atoms with E-state index in [1.165, 1.54) is 7.11 Å². The van der Waals surface area contributed by atoms with Crippen LogP contribution < -0.4 is 5.32 Å². The number of anilines is 1. The molecule has 1 aromatic rings. The van der Waals surface area contributed by atoms with Gasteiger partial charge in [-0.15, -0.1) is 0 Å². The number of esters is 1. The standard InChI is InChI=1S/C11H9Cl2NO2/c1-16-11(15)3-2-6-14-10-7-8(12)4-5-9(10)13/h4-5,7,14H,6H2,1H3. The van der Waals surface area contributed by atoms with Gasteiger partial charge in [-0.1, -0.05) is 29.1 Å². The first-order valence-electron chi connectivity index (χ1n) is 4.39. The van der Waals surface area contributed by atoms with Crippen LogP contribution in [-0.2, 0) is 9.53 Å². The van der Waals surface area contributed by atoms with Crippen LogP contribution in [-0.4, -0.2) is 19.6 Å². The van der Waals surface area contributed by atoms with Crippen molar-refractivity contribution < 1.29 is 9.53 Å². The van der Waals surface area contributed by atoms with Crippen molar-refractivity contribution >= 4 is 34.9 Å². The van der Waals surface area contributed by atoms with E-state index in [1.54, 1.807) is 18.2 Å². The Kier molecular flexibility index (Phi) is 4.97. The molecule has 0 bridgehead atoms. The van der Waals surface area contributed by atoms with Gasteiger partial charge < -0.3 is 10.1 Å². The summed E-state index contributed by atoms with van der Waals surface area (Å²) < 4.78 is 4.36. The molecule has 1 N–H and O–H groups in total. The van der Waals surface area contributed by atoms with Gasteiger partial charge in [0.15, 0.2) is 0 Å². The van der Waals surface area contributed by atoms with Gasteiger partial charge in [-0.25, -0.2) is 4.79 Å². The zero-order valence-corrected chi connectivity index (χ0v) is 10.0. The van der Waals surface area contributed by atoms with Crippen molar-refractivity contribution in [1.82, 2.24) is 0 Å². The number of halogens is 2. The Morgan fingerprint density at radius 2 is 2.25 bits per heavy atom. The topological polar surface area (TPSA) is 38.3 Å². The number of hydrogen-bond acceptors (Lipinski definition) is 3. The Morgan fingerprint density at radius 1 is 1.50 bits per heavy atom. The van der Waals surface area contributed by atoms with E-state index < -0.39 is 5.97 Å². The maximum Gasteiger partial charge on any atom is 0.384 e. The van der Waals surface area contributed by atoms with Gasteiger partial charge >= 0.3 is 5.97 Å². The fraction of sp³-hybridized carbons (Fsp3) is 0.182. The molecule has 5 heteroatoms. The van der Waals surface area contributed by atoms with Gasteiger partial charge in [-0.2, -0.15) is 0 Å². The molecule has 0 spiro atoms. The number of carbonyl (C=O) groups excluding carboxylic acids is 1. The molecule has 16 heavy (non-hydrogen) atoms. The Morgan fingerprint density at radius 3 is 2.94 bits per heavy atom. The lowest BCUT2D eigenvalue weighted by atomic mass is 10.3. The zero-order valence-electron chi connectivity index (χ0n) is 8.51. The monoisotopic (exact) mass is 257 g/mol. The van der Waals surface area contributed by atoms with Crippen molar-refractivity contribution in [3.8, 4) is 11.8 Å². The summed E-state index contributed by atoms with van der Waals surface area (Å²) in [4.78, 5) is 10.7. The number of nitrogens with one attached hydrogen (secondary N) is 1. The Hall–Kier alpha value is -1.37. The molecule has 0 radical (unpaired) electrons. The lowest BCUT2D eigenvalue weighted by molar-refractivity contribution is -0.133. The van der Waals surface area contributed by atoms with Gasteiger partial charge in [0.1, 0.15) is 0 Å². The summed E-state index contributed by atoms with van der Waals surface area (Å²) in [7, 11) is 1.28. The van der Waals surface area contributed by atoms with E-state index in [1.807, 2.05) is 0 Å². The molecule has 3 nitrogen and oxygen atoms in total. The van der Waals surface area contributed by atoms with Gasteiger partial charge in [0.05, 0.1) is 24.4 Å². The minimum absolute atomic E-state index is 0.287. The van der Waals surface area contributed by atoms with Crippen LogP contribution >= 0.6 is 23.2 Å². The van der Waals surface area contributed by atoms with Gasteiger partial charge in [-0.3, -0.25) is 0 Å². The van der Waals surface area contributed by atoms with Crippen LogP contribution in [0.25, 0.3) is 0 Å². The van der Waals surface area contributed by atoms with E-state index in [2.05, 4.69) is 21.9 Å². The van der Waals surface area contributed by atoms with Crippen molar-refractivity contribution in [2.45, 2.75) is 0 Å². The average molecular weight is 258 g/mol. The second-order valence-electron chi connectivity index (χ2n) is 2.77. The molecule has 0 atom stereocenters. The molecule has 0 fully saturated rings. The van der Waals surface area contributed by atoms with E-state index in [4.69, 9.17) is 23.2 Å². The number of hydrogen-bond donors (Lipinski definition) is 1. The number of ether oxygens (including phenoxy) is 1. The van der Waals surface area contributed by atoms with E-state index in [0.717, 1.165) is 0 Å². The average Bonchev–Trinajstić information content (AvgIpc) is 2.28. The van der Waals surface area contributed by atoms with Crippen molar-refractivity contribution in [3.63, 3.8) is 0 Å². The third-order valence-electron chi connectivity index (χ3n) is 1.67. The molecule has 0 saturated heterocycles. The highest BCUT2D eigenvalue weighted by Crippen LogP contribution is 2.24. The van der Waals surface area contributed by atoms with Crippen LogP contribution in [0.1, 0.15) is 0 Å². The molecule has 0 aliphatic heterocycles. The fourth-order valence-electron chi connectivity index (χ4n) is 0.940. The molecular formula is C11H9Cl2NO2. The first kappa shape index (κ1) is 12.7. The summed E-state index contributed by atoms with van der Waals surface area (Å²) in [5, 5.41) is 4.06. The molecule has 0 aliphatic rings. The molecule has 0 aliphatic carbocycles. The van der Waals surface area contributed by atoms with E-state index in [0.29, 0.717) is 15.7 Å². The van der Waals surface area contributed by atoms with E-state index in [9.17, 15) is 4.79 Å². The van der Waals surface area contributed by atoms with Crippen LogP contribution in [0.3, 0.4) is 0 Å². The highest BCUT2D eigenvalue weighted by atomic mass is 35.5. The van der Waals surface area contributed by atoms with Crippen molar-refractivity contribution in [3.05, 3.63) is 28.2 Å². The largest absolute Gasteiger partial charge is 0.459 e.